The molecule has 0 spiro atoms. The second-order valence-electron chi connectivity index (χ2n) is 15.4. The molecule has 5 aromatic rings. The van der Waals surface area contributed by atoms with E-state index in [1.165, 1.54) is 9.13 Å². The summed E-state index contributed by atoms with van der Waals surface area (Å²) >= 11 is 0. The topological polar surface area (TPSA) is 152 Å². The second-order valence-corrected chi connectivity index (χ2v) is 15.4. The van der Waals surface area contributed by atoms with Crippen molar-refractivity contribution in [2.75, 3.05) is 36.9 Å². The Morgan fingerprint density at radius 3 is 2.56 bits per heavy atom. The molecule has 3 fully saturated rings. The Morgan fingerprint density at radius 1 is 1.04 bits per heavy atom. The molecular formula is C39H42F4N10O4. The van der Waals surface area contributed by atoms with Crippen LogP contribution in [0, 0.1) is 5.92 Å². The summed E-state index contributed by atoms with van der Waals surface area (Å²) in [5, 5.41) is 9.68. The number of alkyl halides is 4. The number of halogens is 4. The number of rotatable bonds is 8. The molecular weight excluding hydrogens is 748 g/mol. The SMILES string of the molecule is CN(CC1CCC(c2cc3cc(NC(=O)c4cncc(C(F)(F)F)n4)ccn3n2)CC1)[C@@H]1CCN(c2cccc3c2n(C)c(=O)n3C2CCC(=O)NC2=O)C[C@@H]1F. The monoisotopic (exact) mass is 790 g/mol. The first-order valence-electron chi connectivity index (χ1n) is 19.1. The van der Waals surface area contributed by atoms with Gasteiger partial charge in [0.1, 0.15) is 17.9 Å². The summed E-state index contributed by atoms with van der Waals surface area (Å²) in [6.45, 7) is 1.52. The first-order chi connectivity index (χ1) is 27.2. The summed E-state index contributed by atoms with van der Waals surface area (Å²) in [7, 11) is 3.64. The zero-order valence-electron chi connectivity index (χ0n) is 31.4. The number of pyridine rings is 1. The molecule has 8 rings (SSSR count). The average Bonchev–Trinajstić information content (AvgIpc) is 3.72. The molecule has 3 atom stereocenters. The van der Waals surface area contributed by atoms with E-state index in [1.807, 2.05) is 30.1 Å². The number of hydrogen-bond acceptors (Lipinski definition) is 9. The Morgan fingerprint density at radius 2 is 1.82 bits per heavy atom. The van der Waals surface area contributed by atoms with Crippen molar-refractivity contribution >= 4 is 45.6 Å². The van der Waals surface area contributed by atoms with E-state index in [0.29, 0.717) is 41.8 Å². The van der Waals surface area contributed by atoms with Gasteiger partial charge in [0.25, 0.3) is 5.91 Å². The van der Waals surface area contributed by atoms with Gasteiger partial charge in [-0.1, -0.05) is 6.07 Å². The third kappa shape index (κ3) is 7.49. The highest BCUT2D eigenvalue weighted by Crippen LogP contribution is 2.38. The lowest BCUT2D eigenvalue weighted by atomic mass is 9.80. The normalized spacial score (nSPS) is 23.4. The minimum Gasteiger partial charge on any atom is -0.367 e. The standard InChI is InChI=1S/C39H42F4N10O4/c1-49(29-13-14-51(21-26(29)40)30-4-3-5-31-35(30)50(2)38(57)53(31)32-10-11-34(54)47-37(32)56)20-22-6-8-23(9-7-22)27-17-25-16-24(12-15-52(25)48-27)45-36(55)28-18-44-19-33(46-28)39(41,42)43/h3-5,12,15-19,22-23,26,29,32H,6-11,13-14,20-21H2,1-2H3,(H,45,55)(H,47,54,56)/t22?,23?,26-,29+,32?/m0/s1. The number of carbonyl (C=O) groups is 3. The number of nitrogens with one attached hydrogen (secondary N) is 2. The van der Waals surface area contributed by atoms with Gasteiger partial charge < -0.3 is 15.1 Å². The van der Waals surface area contributed by atoms with Gasteiger partial charge in [0.2, 0.25) is 11.8 Å². The quantitative estimate of drug-likeness (QED) is 0.166. The zero-order valence-corrected chi connectivity index (χ0v) is 31.4. The maximum absolute atomic E-state index is 16.1. The Kier molecular flexibility index (Phi) is 10.1. The zero-order chi connectivity index (χ0) is 40.2. The molecule has 4 aromatic heterocycles. The fraction of sp³-hybridized carbons (Fsp3) is 0.462. The smallest absolute Gasteiger partial charge is 0.367 e. The maximum Gasteiger partial charge on any atom is 0.434 e. The van der Waals surface area contributed by atoms with E-state index in [1.54, 1.807) is 36.0 Å². The number of aromatic nitrogens is 6. The summed E-state index contributed by atoms with van der Waals surface area (Å²) in [6, 6.07) is 9.69. The van der Waals surface area contributed by atoms with Gasteiger partial charge in [0.15, 0.2) is 5.69 Å². The highest BCUT2D eigenvalue weighted by molar-refractivity contribution is 6.03. The van der Waals surface area contributed by atoms with E-state index in [9.17, 15) is 32.3 Å². The Labute approximate surface area is 323 Å². The van der Waals surface area contributed by atoms with Crippen molar-refractivity contribution in [3.63, 3.8) is 0 Å². The number of imide groups is 1. The van der Waals surface area contributed by atoms with Crippen molar-refractivity contribution < 1.29 is 31.9 Å². The molecule has 300 valence electrons. The highest BCUT2D eigenvalue weighted by atomic mass is 19.4. The van der Waals surface area contributed by atoms with E-state index in [-0.39, 0.29) is 42.9 Å². The Bertz CT molecular complexity index is 2420. The first-order valence-corrected chi connectivity index (χ1v) is 19.1. The van der Waals surface area contributed by atoms with E-state index >= 15 is 4.39 Å². The third-order valence-corrected chi connectivity index (χ3v) is 11.7. The fourth-order valence-corrected chi connectivity index (χ4v) is 8.79. The van der Waals surface area contributed by atoms with Gasteiger partial charge in [-0.25, -0.2) is 18.7 Å². The highest BCUT2D eigenvalue weighted by Gasteiger charge is 2.37. The number of para-hydroxylation sites is 1. The molecule has 3 aliphatic rings. The van der Waals surface area contributed by atoms with Gasteiger partial charge in [-0.3, -0.25) is 33.8 Å². The van der Waals surface area contributed by atoms with Crippen molar-refractivity contribution in [3.05, 3.63) is 82.6 Å². The van der Waals surface area contributed by atoms with Crippen LogP contribution in [-0.4, -0.2) is 90.2 Å². The molecule has 1 aromatic carbocycles. The largest absolute Gasteiger partial charge is 0.434 e. The Balaban J connectivity index is 0.862. The first kappa shape index (κ1) is 38.2. The van der Waals surface area contributed by atoms with Crippen LogP contribution in [0.25, 0.3) is 16.6 Å². The van der Waals surface area contributed by atoms with Crippen molar-refractivity contribution in [1.29, 1.82) is 0 Å². The predicted octanol–water partition coefficient (Wildman–Crippen LogP) is 4.85. The number of piperidine rings is 2. The van der Waals surface area contributed by atoms with Crippen LogP contribution in [0.15, 0.2) is 59.8 Å². The third-order valence-electron chi connectivity index (χ3n) is 11.7. The lowest BCUT2D eigenvalue weighted by molar-refractivity contribution is -0.141. The molecule has 2 saturated heterocycles. The maximum atomic E-state index is 16.1. The van der Waals surface area contributed by atoms with Crippen LogP contribution < -0.4 is 21.2 Å². The number of anilines is 2. The predicted molar refractivity (Wildman–Crippen MR) is 202 cm³/mol. The van der Waals surface area contributed by atoms with Gasteiger partial charge in [-0.05, 0) is 81.8 Å². The number of aryl methyl sites for hydroxylation is 1. The van der Waals surface area contributed by atoms with Crippen LogP contribution in [0.1, 0.15) is 78.8 Å². The van der Waals surface area contributed by atoms with E-state index in [0.717, 1.165) is 55.3 Å². The van der Waals surface area contributed by atoms with Crippen LogP contribution in [-0.2, 0) is 22.8 Å². The van der Waals surface area contributed by atoms with Crippen molar-refractivity contribution in [3.8, 4) is 0 Å². The molecule has 2 aliphatic heterocycles. The Hall–Kier alpha value is -5.65. The summed E-state index contributed by atoms with van der Waals surface area (Å²) in [6.07, 6.45) is 2.11. The molecule has 1 aliphatic carbocycles. The molecule has 1 unspecified atom stereocenters. The van der Waals surface area contributed by atoms with Gasteiger partial charge in [0, 0.05) is 50.4 Å². The van der Waals surface area contributed by atoms with E-state index in [4.69, 9.17) is 5.10 Å². The number of carbonyl (C=O) groups excluding carboxylic acids is 3. The number of amides is 3. The van der Waals surface area contributed by atoms with E-state index < -0.39 is 41.6 Å². The lowest BCUT2D eigenvalue weighted by Crippen LogP contribution is -2.52. The molecule has 6 heterocycles. The van der Waals surface area contributed by atoms with E-state index in [2.05, 4.69) is 25.5 Å². The van der Waals surface area contributed by atoms with Crippen LogP contribution >= 0.6 is 0 Å². The molecule has 57 heavy (non-hydrogen) atoms. The number of nitrogens with zero attached hydrogens (tertiary/aromatic N) is 8. The molecule has 2 N–H and O–H groups in total. The van der Waals surface area contributed by atoms with Crippen LogP contribution in [0.2, 0.25) is 0 Å². The van der Waals surface area contributed by atoms with Gasteiger partial charge in [0.05, 0.1) is 46.9 Å². The van der Waals surface area contributed by atoms with Gasteiger partial charge >= 0.3 is 11.9 Å². The van der Waals surface area contributed by atoms with Gasteiger partial charge in [-0.15, -0.1) is 0 Å². The second kappa shape index (κ2) is 15.0. The minimum atomic E-state index is -4.72. The van der Waals surface area contributed by atoms with Crippen molar-refractivity contribution in [2.45, 2.75) is 75.3 Å². The van der Waals surface area contributed by atoms with Crippen molar-refractivity contribution in [2.24, 2.45) is 13.0 Å². The van der Waals surface area contributed by atoms with Gasteiger partial charge in [-0.2, -0.15) is 18.3 Å². The fourth-order valence-electron chi connectivity index (χ4n) is 8.79. The summed E-state index contributed by atoms with van der Waals surface area (Å²) in [5.74, 6) is -1.04. The average molecular weight is 791 g/mol. The summed E-state index contributed by atoms with van der Waals surface area (Å²) in [5.41, 5.74) is 1.91. The molecule has 18 heteroatoms. The molecule has 3 amide bonds. The van der Waals surface area contributed by atoms with Crippen LogP contribution in [0.5, 0.6) is 0 Å². The summed E-state index contributed by atoms with van der Waals surface area (Å²) < 4.78 is 59.8. The number of hydrogen-bond donors (Lipinski definition) is 2. The number of benzene rings is 1. The number of imidazole rings is 1. The van der Waals surface area contributed by atoms with Crippen molar-refractivity contribution in [1.82, 2.24) is 38.9 Å². The lowest BCUT2D eigenvalue weighted by Gasteiger charge is -2.42. The molecule has 0 bridgehead atoms. The molecule has 0 radical (unpaired) electrons. The summed E-state index contributed by atoms with van der Waals surface area (Å²) in [4.78, 5) is 61.5. The molecule has 14 nitrogen and oxygen atoms in total. The molecule has 1 saturated carbocycles. The van der Waals surface area contributed by atoms with Crippen LogP contribution in [0.3, 0.4) is 0 Å². The van der Waals surface area contributed by atoms with Crippen LogP contribution in [0.4, 0.5) is 28.9 Å². The minimum absolute atomic E-state index is 0.148. The number of fused-ring (bicyclic) bond motifs is 2.